The van der Waals surface area contributed by atoms with Crippen LogP contribution in [0.25, 0.3) is 10.9 Å². The minimum absolute atomic E-state index is 0.0259. The third kappa shape index (κ3) is 7.28. The van der Waals surface area contributed by atoms with Gasteiger partial charge in [-0.3, -0.25) is 24.1 Å². The number of carboxylic acids is 3. The zero-order valence-corrected chi connectivity index (χ0v) is 30.3. The number of nitrogens with two attached hydrogens (primary N) is 1. The molecule has 5 heterocycles. The molecule has 6 rings (SSSR count). The Bertz CT molecular complexity index is 2190. The number of thioether (sulfide) groups is 1. The molecular weight excluding hydrogens is 751 g/mol. The van der Waals surface area contributed by atoms with Crippen molar-refractivity contribution in [1.29, 1.82) is 0 Å². The van der Waals surface area contributed by atoms with Gasteiger partial charge in [-0.25, -0.2) is 14.6 Å². The van der Waals surface area contributed by atoms with Crippen molar-refractivity contribution >= 4 is 74.6 Å². The Morgan fingerprint density at radius 2 is 1.81 bits per heavy atom. The van der Waals surface area contributed by atoms with Crippen LogP contribution in [0.2, 0.25) is 0 Å². The first-order valence-corrected chi connectivity index (χ1v) is 18.6. The maximum atomic E-state index is 13.7. The van der Waals surface area contributed by atoms with Crippen molar-refractivity contribution in [2.75, 3.05) is 31.1 Å². The fraction of sp³-hybridized carbons (Fsp3) is 0.394. The molecule has 1 aromatic carbocycles. The van der Waals surface area contributed by atoms with Crippen LogP contribution in [-0.4, -0.2) is 123 Å². The number of benzene rings is 1. The molecule has 2 amide bonds. The van der Waals surface area contributed by atoms with Crippen LogP contribution >= 0.6 is 23.1 Å². The van der Waals surface area contributed by atoms with E-state index < -0.39 is 65.1 Å². The number of thiazole rings is 1. The van der Waals surface area contributed by atoms with Crippen molar-refractivity contribution in [2.24, 2.45) is 5.16 Å². The van der Waals surface area contributed by atoms with E-state index in [1.165, 1.54) is 29.3 Å². The van der Waals surface area contributed by atoms with Crippen LogP contribution in [0.1, 0.15) is 37.4 Å². The number of aromatic nitrogens is 2. The number of hydrogen-bond donors (Lipinski definition) is 7. The molecule has 0 radical (unpaired) electrons. The number of carboxylic acid groups (broad SMARTS) is 3. The van der Waals surface area contributed by atoms with Crippen molar-refractivity contribution in [1.82, 2.24) is 19.8 Å². The number of nitrogen functional groups attached to an aromatic ring is 1. The number of hydrogen-bond acceptors (Lipinski definition) is 14. The van der Waals surface area contributed by atoms with Gasteiger partial charge in [0.1, 0.15) is 35.9 Å². The SMILES string of the molecule is CCn1cc(C[N+]2(CC3=C(C(=O)O)N4C(=O)[C@@H](NC(=O)/C(=N\O[C@H](CC(=O)O)C(=O)O)c5csc(N)n5)[C@H]4SC3)CCCC2)c(=O)c2cc(O)c(O)cc21. The topological polar surface area (TPSA) is 284 Å². The molecule has 8 N–H and O–H groups in total. The summed E-state index contributed by atoms with van der Waals surface area (Å²) in [7, 11) is 0. The van der Waals surface area contributed by atoms with Gasteiger partial charge in [0.2, 0.25) is 6.10 Å². The van der Waals surface area contributed by atoms with Gasteiger partial charge >= 0.3 is 17.9 Å². The van der Waals surface area contributed by atoms with Gasteiger partial charge in [-0.15, -0.1) is 23.1 Å². The second-order valence-electron chi connectivity index (χ2n) is 13.1. The lowest BCUT2D eigenvalue weighted by molar-refractivity contribution is -0.925. The Morgan fingerprint density at radius 3 is 2.43 bits per heavy atom. The third-order valence-electron chi connectivity index (χ3n) is 9.56. The van der Waals surface area contributed by atoms with E-state index >= 15 is 0 Å². The predicted octanol–water partition coefficient (Wildman–Crippen LogP) is 0.669. The zero-order valence-electron chi connectivity index (χ0n) is 28.6. The van der Waals surface area contributed by atoms with Crippen LogP contribution < -0.4 is 16.5 Å². The normalized spacial score (nSPS) is 20.0. The lowest BCUT2D eigenvalue weighted by Crippen LogP contribution is -2.71. The predicted molar refractivity (Wildman–Crippen MR) is 193 cm³/mol. The molecule has 2 saturated heterocycles. The number of aryl methyl sites for hydroxylation is 1. The number of amides is 2. The molecular formula is C33H36N7O12S2+. The number of carbonyl (C=O) groups is 5. The molecule has 0 spiro atoms. The summed E-state index contributed by atoms with van der Waals surface area (Å²) in [4.78, 5) is 86.2. The lowest BCUT2D eigenvalue weighted by Gasteiger charge is -2.50. The summed E-state index contributed by atoms with van der Waals surface area (Å²) in [5.41, 5.74) is 5.86. The van der Waals surface area contributed by atoms with E-state index in [-0.39, 0.29) is 51.9 Å². The van der Waals surface area contributed by atoms with Crippen molar-refractivity contribution in [2.45, 2.75) is 56.8 Å². The molecule has 3 aromatic rings. The quantitative estimate of drug-likeness (QED) is 0.0389. The van der Waals surface area contributed by atoms with Gasteiger partial charge < -0.3 is 50.5 Å². The number of pyridine rings is 1. The van der Waals surface area contributed by atoms with E-state index in [9.17, 15) is 49.2 Å². The second kappa shape index (κ2) is 15.0. The molecule has 3 atom stereocenters. The monoisotopic (exact) mass is 786 g/mol. The number of anilines is 1. The highest BCUT2D eigenvalue weighted by molar-refractivity contribution is 8.00. The fourth-order valence-electron chi connectivity index (χ4n) is 7.05. The van der Waals surface area contributed by atoms with E-state index in [0.29, 0.717) is 40.8 Å². The fourth-order valence-corrected chi connectivity index (χ4v) is 8.94. The molecule has 3 aliphatic heterocycles. The number of phenols is 2. The first kappa shape index (κ1) is 38.1. The van der Waals surface area contributed by atoms with Gasteiger partial charge in [0.05, 0.1) is 36.0 Å². The molecule has 0 unspecified atom stereocenters. The lowest BCUT2D eigenvalue weighted by atomic mass is 10.0. The van der Waals surface area contributed by atoms with Crippen LogP contribution in [-0.2, 0) is 41.9 Å². The Balaban J connectivity index is 1.25. The van der Waals surface area contributed by atoms with Gasteiger partial charge in [0.25, 0.3) is 11.8 Å². The number of nitrogens with one attached hydrogen (secondary N) is 1. The molecule has 3 aliphatic rings. The molecule has 54 heavy (non-hydrogen) atoms. The highest BCUT2D eigenvalue weighted by Gasteiger charge is 2.55. The number of aliphatic carboxylic acids is 3. The Morgan fingerprint density at radius 1 is 1.11 bits per heavy atom. The smallest absolute Gasteiger partial charge is 0.352 e. The summed E-state index contributed by atoms with van der Waals surface area (Å²) >= 11 is 2.16. The van der Waals surface area contributed by atoms with E-state index in [1.807, 2.05) is 6.92 Å². The number of carbonyl (C=O) groups excluding carboxylic acids is 2. The molecule has 21 heteroatoms. The van der Waals surface area contributed by atoms with Crippen LogP contribution in [0.15, 0.2) is 44.9 Å². The van der Waals surface area contributed by atoms with Crippen LogP contribution in [0.5, 0.6) is 11.5 Å². The van der Waals surface area contributed by atoms with Crippen LogP contribution in [0.3, 0.4) is 0 Å². The Kier molecular flexibility index (Phi) is 10.6. The Hall–Kier alpha value is -5.67. The van der Waals surface area contributed by atoms with Gasteiger partial charge in [-0.1, -0.05) is 5.16 Å². The van der Waals surface area contributed by atoms with Gasteiger partial charge in [-0.2, -0.15) is 0 Å². The summed E-state index contributed by atoms with van der Waals surface area (Å²) in [6.07, 6.45) is 0.461. The Labute approximate surface area is 313 Å². The number of oxime groups is 1. The van der Waals surface area contributed by atoms with Crippen molar-refractivity contribution in [3.8, 4) is 11.5 Å². The molecule has 286 valence electrons. The third-order valence-corrected chi connectivity index (χ3v) is 11.6. The minimum Gasteiger partial charge on any atom is -0.504 e. The standard InChI is InChI=1S/C33H35N7O12S2/c1-2-38-10-15(27(45)17-7-20(41)21(42)8-19(17)38)11-40(5-3-4-6-40)12-16-13-53-30-25(29(47)39(30)26(16)32(50)51)36-28(46)24(18-14-54-33(34)35-18)37-52-22(31(48)49)9-23(43)44/h7-8,10,14,22,25,30H,2-6,9,11-13H2,1H3,(H7-,34,35,36,37,41,42,43,44,45,46,48,49,50,51)/p+1/t22-,25-,30-/m1/s1. The maximum Gasteiger partial charge on any atom is 0.352 e. The summed E-state index contributed by atoms with van der Waals surface area (Å²) in [5, 5.41) is 55.9. The van der Waals surface area contributed by atoms with Crippen LogP contribution in [0, 0.1) is 0 Å². The highest BCUT2D eigenvalue weighted by atomic mass is 32.2. The summed E-state index contributed by atoms with van der Waals surface area (Å²) in [5.74, 6) is -6.82. The minimum atomic E-state index is -1.95. The van der Waals surface area contributed by atoms with E-state index in [1.54, 1.807) is 10.8 Å². The van der Waals surface area contributed by atoms with Crippen molar-refractivity contribution < 1.29 is 58.8 Å². The van der Waals surface area contributed by atoms with Crippen molar-refractivity contribution in [3.63, 3.8) is 0 Å². The maximum absolute atomic E-state index is 13.7. The number of nitrogens with zero attached hydrogens (tertiary/aromatic N) is 5. The number of fused-ring (bicyclic) bond motifs is 2. The molecule has 2 aromatic heterocycles. The highest BCUT2D eigenvalue weighted by Crippen LogP contribution is 2.42. The molecule has 0 bridgehead atoms. The second-order valence-corrected chi connectivity index (χ2v) is 15.1. The van der Waals surface area contributed by atoms with Crippen LogP contribution in [0.4, 0.5) is 5.13 Å². The number of β-lactam (4-membered cyclic amide) rings is 1. The average molecular weight is 787 g/mol. The molecule has 0 saturated carbocycles. The number of likely N-dealkylation sites (tertiary alicyclic amines) is 1. The summed E-state index contributed by atoms with van der Waals surface area (Å²) in [6, 6.07) is 1.36. The molecule has 2 fully saturated rings. The zero-order chi connectivity index (χ0) is 39.1. The largest absolute Gasteiger partial charge is 0.504 e. The van der Waals surface area contributed by atoms with Gasteiger partial charge in [0.15, 0.2) is 27.8 Å². The summed E-state index contributed by atoms with van der Waals surface area (Å²) in [6.45, 7) is 4.12. The first-order chi connectivity index (χ1) is 25.6. The summed E-state index contributed by atoms with van der Waals surface area (Å²) < 4.78 is 2.16. The number of aromatic hydroxyl groups is 2. The van der Waals surface area contributed by atoms with Crippen molar-refractivity contribution in [3.05, 3.63) is 56.5 Å². The van der Waals surface area contributed by atoms with E-state index in [4.69, 9.17) is 15.7 Å². The molecule has 19 nitrogen and oxygen atoms in total. The first-order valence-electron chi connectivity index (χ1n) is 16.7. The van der Waals surface area contributed by atoms with E-state index in [0.717, 1.165) is 29.1 Å². The number of rotatable bonds is 14. The number of phenolic OH excluding ortho intramolecular Hbond substituents is 2. The number of quaternary nitrogens is 1. The van der Waals surface area contributed by atoms with E-state index in [2.05, 4.69) is 15.5 Å². The van der Waals surface area contributed by atoms with Gasteiger partial charge in [-0.05, 0) is 13.0 Å². The molecule has 0 aliphatic carbocycles. The van der Waals surface area contributed by atoms with Gasteiger partial charge in [0, 0.05) is 48.4 Å². The average Bonchev–Trinajstić information content (AvgIpc) is 3.77.